The third-order valence-corrected chi connectivity index (χ3v) is 5.10. The van der Waals surface area contributed by atoms with E-state index in [9.17, 15) is 4.79 Å². The third-order valence-electron chi connectivity index (χ3n) is 4.49. The molecule has 2 rings (SSSR count). The normalized spacial score (nSPS) is 16.5. The summed E-state index contributed by atoms with van der Waals surface area (Å²) in [6.45, 7) is 2.00. The van der Waals surface area contributed by atoms with E-state index < -0.39 is 0 Å². The van der Waals surface area contributed by atoms with E-state index in [1.165, 1.54) is 31.2 Å². The number of rotatable bonds is 12. The van der Waals surface area contributed by atoms with Gasteiger partial charge < -0.3 is 10.1 Å². The summed E-state index contributed by atoms with van der Waals surface area (Å²) in [7, 11) is 0. The first-order valence-electron chi connectivity index (χ1n) is 9.25. The Morgan fingerprint density at radius 1 is 1.21 bits per heavy atom. The molecule has 24 heavy (non-hydrogen) atoms. The fourth-order valence-electron chi connectivity index (χ4n) is 3.12. The third kappa shape index (κ3) is 7.27. The Kier molecular flexibility index (Phi) is 9.29. The van der Waals surface area contributed by atoms with Gasteiger partial charge in [-0.25, -0.2) is 0 Å². The van der Waals surface area contributed by atoms with Gasteiger partial charge in [0.05, 0.1) is 5.75 Å². The molecule has 0 spiro atoms. The number of benzene rings is 1. The molecule has 1 unspecified atom stereocenters. The number of thioether (sulfide) groups is 1. The number of fused-ring (bicyclic) bond motifs is 1. The Bertz CT molecular complexity index is 492. The second kappa shape index (κ2) is 11.5. The number of carbonyl (C=O) groups excluding carboxylic acids is 1. The zero-order chi connectivity index (χ0) is 17.0. The molecule has 3 nitrogen and oxygen atoms in total. The summed E-state index contributed by atoms with van der Waals surface area (Å²) in [4.78, 5) is 11.4. The highest BCUT2D eigenvalue weighted by Gasteiger charge is 2.18. The number of aryl methyl sites for hydroxylation is 1. The second-order valence-corrected chi connectivity index (χ2v) is 7.45. The second-order valence-electron chi connectivity index (χ2n) is 6.58. The summed E-state index contributed by atoms with van der Waals surface area (Å²) >= 11 is 1.63. The Balaban J connectivity index is 1.43. The lowest BCUT2D eigenvalue weighted by atomic mass is 10.0. The molecule has 1 heterocycles. The minimum atomic E-state index is 0.308. The number of hydrogen-bond donors (Lipinski definition) is 1. The van der Waals surface area contributed by atoms with Gasteiger partial charge in [0.25, 0.3) is 0 Å². The number of unbranched alkanes of at least 4 members (excludes halogenated alkanes) is 4. The Hall–Kier alpha value is -1.00. The van der Waals surface area contributed by atoms with E-state index in [2.05, 4.69) is 23.5 Å². The Labute approximate surface area is 150 Å². The molecule has 1 aromatic carbocycles. The lowest BCUT2D eigenvalue weighted by Gasteiger charge is -2.26. The van der Waals surface area contributed by atoms with E-state index in [1.807, 2.05) is 12.3 Å². The van der Waals surface area contributed by atoms with Crippen LogP contribution in [-0.4, -0.2) is 37.0 Å². The van der Waals surface area contributed by atoms with Crippen LogP contribution < -0.4 is 10.1 Å². The number of ketones is 1. The van der Waals surface area contributed by atoms with Crippen molar-refractivity contribution in [1.82, 2.24) is 5.32 Å². The zero-order valence-electron chi connectivity index (χ0n) is 14.9. The summed E-state index contributed by atoms with van der Waals surface area (Å²) in [6, 6.07) is 8.36. The van der Waals surface area contributed by atoms with Gasteiger partial charge in [0.2, 0.25) is 0 Å². The van der Waals surface area contributed by atoms with Crippen LogP contribution in [0.15, 0.2) is 24.3 Å². The van der Waals surface area contributed by atoms with Crippen molar-refractivity contribution in [3.8, 4) is 5.75 Å². The van der Waals surface area contributed by atoms with Crippen molar-refractivity contribution in [3.63, 3.8) is 0 Å². The van der Waals surface area contributed by atoms with E-state index in [0.29, 0.717) is 17.6 Å². The zero-order valence-corrected chi connectivity index (χ0v) is 15.7. The van der Waals surface area contributed by atoms with Crippen molar-refractivity contribution in [2.24, 2.45) is 0 Å². The van der Waals surface area contributed by atoms with E-state index in [1.54, 1.807) is 11.8 Å². The van der Waals surface area contributed by atoms with Gasteiger partial charge in [-0.1, -0.05) is 37.5 Å². The maximum Gasteiger partial charge on any atom is 0.142 e. The number of carbonyl (C=O) groups is 1. The molecule has 1 aromatic rings. The lowest BCUT2D eigenvalue weighted by Crippen LogP contribution is -2.34. The maximum absolute atomic E-state index is 11.4. The van der Waals surface area contributed by atoms with Crippen LogP contribution >= 0.6 is 11.8 Å². The molecule has 0 radical (unpaired) electrons. The molecule has 0 saturated carbocycles. The average molecular weight is 350 g/mol. The molecule has 0 amide bonds. The van der Waals surface area contributed by atoms with E-state index in [0.717, 1.165) is 44.5 Å². The smallest absolute Gasteiger partial charge is 0.142 e. The van der Waals surface area contributed by atoms with Crippen LogP contribution in [0.1, 0.15) is 50.5 Å². The predicted molar refractivity (Wildman–Crippen MR) is 103 cm³/mol. The van der Waals surface area contributed by atoms with Crippen LogP contribution in [0.3, 0.4) is 0 Å². The summed E-state index contributed by atoms with van der Waals surface area (Å²) in [5.41, 5.74) is 1.34. The molecule has 134 valence electrons. The van der Waals surface area contributed by atoms with Crippen molar-refractivity contribution in [3.05, 3.63) is 29.8 Å². The first-order chi connectivity index (χ1) is 11.8. The molecule has 0 bridgehead atoms. The summed E-state index contributed by atoms with van der Waals surface area (Å²) in [5, 5.41) is 3.53. The molecule has 0 saturated heterocycles. The van der Waals surface area contributed by atoms with Crippen LogP contribution in [0, 0.1) is 0 Å². The number of Topliss-reactive ketones (excluding diaryl/α,β-unsaturated/α-hetero) is 1. The topological polar surface area (TPSA) is 38.3 Å². The average Bonchev–Trinajstić information content (AvgIpc) is 2.60. The van der Waals surface area contributed by atoms with Gasteiger partial charge in [-0.05, 0) is 50.1 Å². The highest BCUT2D eigenvalue weighted by molar-refractivity contribution is 7.99. The van der Waals surface area contributed by atoms with Crippen molar-refractivity contribution in [2.45, 2.75) is 57.5 Å². The molecule has 0 aromatic heterocycles. The minimum absolute atomic E-state index is 0.308. The fraction of sp³-hybridized carbons (Fsp3) is 0.650. The van der Waals surface area contributed by atoms with Crippen molar-refractivity contribution < 1.29 is 9.53 Å². The minimum Gasteiger partial charge on any atom is -0.489 e. The largest absolute Gasteiger partial charge is 0.489 e. The molecule has 1 aliphatic rings. The molecule has 4 heteroatoms. The van der Waals surface area contributed by atoms with Gasteiger partial charge in [-0.3, -0.25) is 4.79 Å². The molecule has 1 aliphatic heterocycles. The number of para-hydroxylation sites is 1. The van der Waals surface area contributed by atoms with Gasteiger partial charge in [0.15, 0.2) is 0 Å². The maximum atomic E-state index is 11.4. The molecule has 1 N–H and O–H groups in total. The van der Waals surface area contributed by atoms with Gasteiger partial charge >= 0.3 is 0 Å². The summed E-state index contributed by atoms with van der Waals surface area (Å²) < 4.78 is 6.04. The van der Waals surface area contributed by atoms with Crippen molar-refractivity contribution in [1.29, 1.82) is 0 Å². The van der Waals surface area contributed by atoms with Crippen LogP contribution in [0.25, 0.3) is 0 Å². The molecule has 1 atom stereocenters. The van der Waals surface area contributed by atoms with Gasteiger partial charge in [0, 0.05) is 13.0 Å². The first kappa shape index (κ1) is 19.3. The molecular formula is C20H31NO2S. The van der Waals surface area contributed by atoms with E-state index in [-0.39, 0.29) is 0 Å². The monoisotopic (exact) mass is 349 g/mol. The lowest BCUT2D eigenvalue weighted by molar-refractivity contribution is -0.116. The fourth-order valence-corrected chi connectivity index (χ4v) is 3.59. The predicted octanol–water partition coefficient (Wildman–Crippen LogP) is 4.24. The molecule has 0 fully saturated rings. The quantitative estimate of drug-likeness (QED) is 0.573. The van der Waals surface area contributed by atoms with E-state index >= 15 is 0 Å². The highest BCUT2D eigenvalue weighted by atomic mass is 32.2. The standard InChI is InChI=1S/C20H31NO2S/c1-24-16-18(22)10-5-3-2-4-8-14-21-15-19-13-12-17-9-6-7-11-20(17)23-19/h6-7,9,11,19,21H,2-5,8,10,12-16H2,1H3. The molecule has 0 aliphatic carbocycles. The molecular weight excluding hydrogens is 318 g/mol. The van der Waals surface area contributed by atoms with Crippen molar-refractivity contribution >= 4 is 17.5 Å². The van der Waals surface area contributed by atoms with Crippen LogP contribution in [0.4, 0.5) is 0 Å². The SMILES string of the molecule is CSCC(=O)CCCCCCCNCC1CCc2ccccc2O1. The summed E-state index contributed by atoms with van der Waals surface area (Å²) in [6.07, 6.45) is 11.2. The van der Waals surface area contributed by atoms with Crippen LogP contribution in [0.2, 0.25) is 0 Å². The van der Waals surface area contributed by atoms with Crippen LogP contribution in [-0.2, 0) is 11.2 Å². The van der Waals surface area contributed by atoms with Gasteiger partial charge in [-0.2, -0.15) is 11.8 Å². The first-order valence-corrected chi connectivity index (χ1v) is 10.6. The Morgan fingerprint density at radius 3 is 2.88 bits per heavy atom. The van der Waals surface area contributed by atoms with E-state index in [4.69, 9.17) is 4.74 Å². The number of ether oxygens (including phenoxy) is 1. The van der Waals surface area contributed by atoms with Gasteiger partial charge in [-0.15, -0.1) is 0 Å². The number of nitrogens with one attached hydrogen (secondary N) is 1. The summed E-state index contributed by atoms with van der Waals surface area (Å²) in [5.74, 6) is 2.14. The highest BCUT2D eigenvalue weighted by Crippen LogP contribution is 2.26. The van der Waals surface area contributed by atoms with Gasteiger partial charge in [0.1, 0.15) is 17.6 Å². The number of hydrogen-bond acceptors (Lipinski definition) is 4. The van der Waals surface area contributed by atoms with Crippen molar-refractivity contribution in [2.75, 3.05) is 25.1 Å². The Morgan fingerprint density at radius 2 is 2.00 bits per heavy atom. The van der Waals surface area contributed by atoms with Crippen LogP contribution in [0.5, 0.6) is 5.75 Å².